The molecule has 2 unspecified atom stereocenters. The summed E-state index contributed by atoms with van der Waals surface area (Å²) in [4.78, 5) is 11.7. The highest BCUT2D eigenvalue weighted by Gasteiger charge is 2.24. The summed E-state index contributed by atoms with van der Waals surface area (Å²) in [5, 5.41) is 0. The Balaban J connectivity index is 3.80. The van der Waals surface area contributed by atoms with Crippen molar-refractivity contribution in [1.29, 1.82) is 0 Å². The van der Waals surface area contributed by atoms with Gasteiger partial charge in [-0.05, 0) is 25.2 Å². The van der Waals surface area contributed by atoms with Crippen molar-refractivity contribution in [2.75, 3.05) is 0 Å². The molecule has 0 aromatic heterocycles. The van der Waals surface area contributed by atoms with Crippen LogP contribution in [0.4, 0.5) is 0 Å². The molecule has 0 fully saturated rings. The van der Waals surface area contributed by atoms with Gasteiger partial charge in [-0.2, -0.15) is 0 Å². The summed E-state index contributed by atoms with van der Waals surface area (Å²) in [6.07, 6.45) is 6.12. The quantitative estimate of drug-likeness (QED) is 0.533. The molecule has 3 heteroatoms. The summed E-state index contributed by atoms with van der Waals surface area (Å²) in [7, 11) is 0. The lowest BCUT2D eigenvalue weighted by molar-refractivity contribution is -0.149. The van der Waals surface area contributed by atoms with E-state index in [0.717, 1.165) is 12.8 Å². The maximum atomic E-state index is 11.7. The number of carbonyl (C=O) groups excluding carboxylic acids is 1. The largest absolute Gasteiger partial charge is 0.463 e. The molecule has 0 bridgehead atoms. The molecule has 0 saturated carbocycles. The molecule has 0 saturated heterocycles. The maximum Gasteiger partial charge on any atom is 0.307 e. The summed E-state index contributed by atoms with van der Waals surface area (Å²) in [5.41, 5.74) is 5.91. The van der Waals surface area contributed by atoms with E-state index in [2.05, 4.69) is 6.92 Å². The standard InChI is InChI=1S/C15H31NO2/c1-6-7-8-9-10-12(2)18-14(17)11-13(16)15(3,4)5/h12-13H,6-11,16H2,1-5H3. The molecule has 0 aliphatic rings. The minimum Gasteiger partial charge on any atom is -0.463 e. The highest BCUT2D eigenvalue weighted by Crippen LogP contribution is 2.20. The summed E-state index contributed by atoms with van der Waals surface area (Å²) in [6.45, 7) is 10.3. The average molecular weight is 257 g/mol. The normalized spacial score (nSPS) is 15.2. The molecule has 0 rings (SSSR count). The lowest BCUT2D eigenvalue weighted by Crippen LogP contribution is -2.37. The molecule has 0 amide bonds. The van der Waals surface area contributed by atoms with Crippen molar-refractivity contribution >= 4 is 5.97 Å². The Morgan fingerprint density at radius 2 is 1.83 bits per heavy atom. The molecular formula is C15H31NO2. The molecule has 0 spiro atoms. The average Bonchev–Trinajstić information content (AvgIpc) is 2.22. The highest BCUT2D eigenvalue weighted by atomic mass is 16.5. The number of nitrogens with two attached hydrogens (primary N) is 1. The van der Waals surface area contributed by atoms with Gasteiger partial charge >= 0.3 is 5.97 Å². The zero-order valence-corrected chi connectivity index (χ0v) is 12.8. The van der Waals surface area contributed by atoms with Crippen molar-refractivity contribution in [2.45, 2.75) is 85.3 Å². The third-order valence-electron chi connectivity index (χ3n) is 3.30. The minimum absolute atomic E-state index is 0.0153. The van der Waals surface area contributed by atoms with Gasteiger partial charge in [0.1, 0.15) is 0 Å². The van der Waals surface area contributed by atoms with Crippen LogP contribution >= 0.6 is 0 Å². The van der Waals surface area contributed by atoms with Crippen LogP contribution in [0.5, 0.6) is 0 Å². The summed E-state index contributed by atoms with van der Waals surface area (Å²) < 4.78 is 5.38. The van der Waals surface area contributed by atoms with Crippen molar-refractivity contribution in [1.82, 2.24) is 0 Å². The van der Waals surface area contributed by atoms with Gasteiger partial charge in [-0.1, -0.05) is 47.0 Å². The van der Waals surface area contributed by atoms with Crippen molar-refractivity contribution in [3.63, 3.8) is 0 Å². The van der Waals surface area contributed by atoms with Crippen LogP contribution in [0.15, 0.2) is 0 Å². The molecule has 0 heterocycles. The summed E-state index contributed by atoms with van der Waals surface area (Å²) >= 11 is 0. The van der Waals surface area contributed by atoms with Crippen molar-refractivity contribution < 1.29 is 9.53 Å². The van der Waals surface area contributed by atoms with E-state index in [4.69, 9.17) is 10.5 Å². The third kappa shape index (κ3) is 8.51. The van der Waals surface area contributed by atoms with Crippen LogP contribution in [0, 0.1) is 5.41 Å². The number of esters is 1. The first-order valence-corrected chi connectivity index (χ1v) is 7.22. The minimum atomic E-state index is -0.166. The molecule has 0 aliphatic heterocycles. The topological polar surface area (TPSA) is 52.3 Å². The molecule has 18 heavy (non-hydrogen) atoms. The Hall–Kier alpha value is -0.570. The summed E-state index contributed by atoms with van der Waals surface area (Å²) in [6, 6.07) is -0.141. The number of carbonyl (C=O) groups is 1. The fourth-order valence-corrected chi connectivity index (χ4v) is 1.68. The number of hydrogen-bond acceptors (Lipinski definition) is 3. The number of rotatable bonds is 8. The number of ether oxygens (including phenoxy) is 1. The Bertz CT molecular complexity index is 233. The van der Waals surface area contributed by atoms with Crippen molar-refractivity contribution in [3.05, 3.63) is 0 Å². The first kappa shape index (κ1) is 17.4. The zero-order valence-electron chi connectivity index (χ0n) is 12.8. The molecule has 0 aromatic rings. The van der Waals surface area contributed by atoms with Gasteiger partial charge in [0.25, 0.3) is 0 Å². The molecule has 0 aromatic carbocycles. The van der Waals surface area contributed by atoms with E-state index in [-0.39, 0.29) is 23.5 Å². The van der Waals surface area contributed by atoms with Crippen LogP contribution in [0.2, 0.25) is 0 Å². The number of hydrogen-bond donors (Lipinski definition) is 1. The van der Waals surface area contributed by atoms with E-state index in [1.165, 1.54) is 19.3 Å². The lowest BCUT2D eigenvalue weighted by Gasteiger charge is -2.26. The van der Waals surface area contributed by atoms with E-state index in [9.17, 15) is 4.79 Å². The van der Waals surface area contributed by atoms with Crippen LogP contribution in [-0.2, 0) is 9.53 Å². The van der Waals surface area contributed by atoms with Crippen LogP contribution in [-0.4, -0.2) is 18.1 Å². The van der Waals surface area contributed by atoms with Gasteiger partial charge in [0.15, 0.2) is 0 Å². The maximum absolute atomic E-state index is 11.7. The van der Waals surface area contributed by atoms with Crippen LogP contribution < -0.4 is 5.73 Å². The van der Waals surface area contributed by atoms with Crippen LogP contribution in [0.1, 0.15) is 73.1 Å². The zero-order chi connectivity index (χ0) is 14.2. The van der Waals surface area contributed by atoms with Gasteiger partial charge in [-0.3, -0.25) is 4.79 Å². The predicted octanol–water partition coefficient (Wildman–Crippen LogP) is 3.65. The fourth-order valence-electron chi connectivity index (χ4n) is 1.68. The Morgan fingerprint density at radius 1 is 1.22 bits per heavy atom. The van der Waals surface area contributed by atoms with Crippen LogP contribution in [0.3, 0.4) is 0 Å². The van der Waals surface area contributed by atoms with Gasteiger partial charge < -0.3 is 10.5 Å². The van der Waals surface area contributed by atoms with E-state index in [1.807, 2.05) is 27.7 Å². The SMILES string of the molecule is CCCCCCC(C)OC(=O)CC(N)C(C)(C)C. The van der Waals surface area contributed by atoms with Gasteiger partial charge in [0.2, 0.25) is 0 Å². The molecule has 0 aliphatic carbocycles. The van der Waals surface area contributed by atoms with Gasteiger partial charge in [-0.15, -0.1) is 0 Å². The Labute approximate surface area is 112 Å². The van der Waals surface area contributed by atoms with Gasteiger partial charge in [0.05, 0.1) is 12.5 Å². The van der Waals surface area contributed by atoms with Gasteiger partial charge in [-0.25, -0.2) is 0 Å². The first-order valence-electron chi connectivity index (χ1n) is 7.22. The molecule has 2 N–H and O–H groups in total. The lowest BCUT2D eigenvalue weighted by atomic mass is 9.85. The monoisotopic (exact) mass is 257 g/mol. The van der Waals surface area contributed by atoms with Crippen molar-refractivity contribution in [3.8, 4) is 0 Å². The Morgan fingerprint density at radius 3 is 2.33 bits per heavy atom. The van der Waals surface area contributed by atoms with Gasteiger partial charge in [0, 0.05) is 6.04 Å². The highest BCUT2D eigenvalue weighted by molar-refractivity contribution is 5.70. The van der Waals surface area contributed by atoms with E-state index >= 15 is 0 Å². The smallest absolute Gasteiger partial charge is 0.307 e. The van der Waals surface area contributed by atoms with E-state index in [1.54, 1.807) is 0 Å². The van der Waals surface area contributed by atoms with Crippen molar-refractivity contribution in [2.24, 2.45) is 11.1 Å². The molecule has 3 nitrogen and oxygen atoms in total. The molecule has 108 valence electrons. The fraction of sp³-hybridized carbons (Fsp3) is 0.933. The second-order valence-corrected chi connectivity index (χ2v) is 6.33. The molecule has 0 radical (unpaired) electrons. The third-order valence-corrected chi connectivity index (χ3v) is 3.30. The second-order valence-electron chi connectivity index (χ2n) is 6.33. The predicted molar refractivity (Wildman–Crippen MR) is 76.4 cm³/mol. The number of unbranched alkanes of at least 4 members (excludes halogenated alkanes) is 3. The van der Waals surface area contributed by atoms with E-state index < -0.39 is 0 Å². The van der Waals surface area contributed by atoms with Crippen LogP contribution in [0.25, 0.3) is 0 Å². The summed E-state index contributed by atoms with van der Waals surface area (Å²) in [5.74, 6) is -0.166. The molecular weight excluding hydrogens is 226 g/mol. The van der Waals surface area contributed by atoms with E-state index in [0.29, 0.717) is 6.42 Å². The second kappa shape index (κ2) is 8.52. The Kier molecular flexibility index (Phi) is 8.25. The molecule has 2 atom stereocenters. The first-order chi connectivity index (χ1) is 8.27.